The number of esters is 1. The van der Waals surface area contributed by atoms with Crippen LogP contribution in [0, 0.1) is 0 Å². The fraction of sp³-hybridized carbons (Fsp3) is 0.533. The molecule has 106 valence electrons. The van der Waals surface area contributed by atoms with Crippen molar-refractivity contribution in [3.05, 3.63) is 35.4 Å². The van der Waals surface area contributed by atoms with Gasteiger partial charge >= 0.3 is 5.97 Å². The molecule has 0 heterocycles. The molecular weight excluding hydrogens is 242 g/mol. The minimum Gasteiger partial charge on any atom is -0.462 e. The maximum absolute atomic E-state index is 11.4. The first-order valence-corrected chi connectivity index (χ1v) is 6.68. The lowest BCUT2D eigenvalue weighted by Gasteiger charge is -2.11. The summed E-state index contributed by atoms with van der Waals surface area (Å²) in [5, 5.41) is 3.09. The summed E-state index contributed by atoms with van der Waals surface area (Å²) in [6, 6.07) is 8.05. The van der Waals surface area contributed by atoms with E-state index in [0.29, 0.717) is 19.8 Å². The van der Waals surface area contributed by atoms with Crippen molar-refractivity contribution in [2.24, 2.45) is 0 Å². The monoisotopic (exact) mass is 265 g/mol. The van der Waals surface area contributed by atoms with Crippen molar-refractivity contribution < 1.29 is 14.3 Å². The summed E-state index contributed by atoms with van der Waals surface area (Å²) in [6.07, 6.45) is -0.0699. The maximum Gasteiger partial charge on any atom is 0.320 e. The molecule has 0 saturated carbocycles. The second kappa shape index (κ2) is 8.67. The van der Waals surface area contributed by atoms with E-state index in [1.807, 2.05) is 45.0 Å². The Morgan fingerprint density at radius 1 is 1.26 bits per heavy atom. The third kappa shape index (κ3) is 6.36. The van der Waals surface area contributed by atoms with Gasteiger partial charge in [0.25, 0.3) is 0 Å². The molecule has 1 rings (SSSR count). The van der Waals surface area contributed by atoms with Gasteiger partial charge in [-0.2, -0.15) is 0 Å². The number of nitrogens with one attached hydrogen (secondary N) is 1. The molecule has 0 spiro atoms. The second-order valence-electron chi connectivity index (χ2n) is 4.55. The molecule has 1 aromatic rings. The third-order valence-corrected chi connectivity index (χ3v) is 2.53. The molecule has 0 aliphatic heterocycles. The summed E-state index contributed by atoms with van der Waals surface area (Å²) in [7, 11) is 0. The molecule has 0 aliphatic carbocycles. The van der Waals surface area contributed by atoms with Gasteiger partial charge in [0.05, 0.1) is 19.3 Å². The van der Waals surface area contributed by atoms with E-state index in [1.54, 1.807) is 0 Å². The molecule has 0 fully saturated rings. The Balaban J connectivity index is 2.42. The first kappa shape index (κ1) is 15.7. The molecule has 0 bridgehead atoms. The Kier molecular flexibility index (Phi) is 7.15. The second-order valence-corrected chi connectivity index (χ2v) is 4.55. The highest BCUT2D eigenvalue weighted by molar-refractivity contribution is 5.71. The quantitative estimate of drug-likeness (QED) is 0.732. The van der Waals surface area contributed by atoms with Gasteiger partial charge in [0.1, 0.15) is 0 Å². The van der Waals surface area contributed by atoms with Crippen molar-refractivity contribution in [3.8, 4) is 0 Å². The SMILES string of the molecule is CCOCc1ccccc1CNCC(=O)OC(C)C. The molecule has 4 nitrogen and oxygen atoms in total. The fourth-order valence-electron chi connectivity index (χ4n) is 1.69. The number of hydrogen-bond acceptors (Lipinski definition) is 4. The minimum absolute atomic E-state index is 0.0699. The van der Waals surface area contributed by atoms with Crippen LogP contribution < -0.4 is 5.32 Å². The minimum atomic E-state index is -0.225. The zero-order valence-electron chi connectivity index (χ0n) is 11.9. The molecule has 0 amide bonds. The van der Waals surface area contributed by atoms with Crippen LogP contribution in [0.5, 0.6) is 0 Å². The number of benzene rings is 1. The van der Waals surface area contributed by atoms with Crippen molar-refractivity contribution in [2.75, 3.05) is 13.2 Å². The highest BCUT2D eigenvalue weighted by Crippen LogP contribution is 2.09. The van der Waals surface area contributed by atoms with Gasteiger partial charge in [0.15, 0.2) is 0 Å². The summed E-state index contributed by atoms with van der Waals surface area (Å²) >= 11 is 0. The highest BCUT2D eigenvalue weighted by atomic mass is 16.5. The number of carbonyl (C=O) groups excluding carboxylic acids is 1. The maximum atomic E-state index is 11.4. The molecule has 4 heteroatoms. The zero-order valence-corrected chi connectivity index (χ0v) is 11.9. The number of hydrogen-bond donors (Lipinski definition) is 1. The first-order valence-electron chi connectivity index (χ1n) is 6.68. The van der Waals surface area contributed by atoms with Gasteiger partial charge in [-0.1, -0.05) is 24.3 Å². The largest absolute Gasteiger partial charge is 0.462 e. The first-order chi connectivity index (χ1) is 9.13. The smallest absolute Gasteiger partial charge is 0.320 e. The summed E-state index contributed by atoms with van der Waals surface area (Å²) in [5.41, 5.74) is 2.29. The van der Waals surface area contributed by atoms with E-state index in [9.17, 15) is 4.79 Å². The molecule has 0 radical (unpaired) electrons. The lowest BCUT2D eigenvalue weighted by Crippen LogP contribution is -2.26. The molecule has 0 saturated heterocycles. The Morgan fingerprint density at radius 2 is 1.95 bits per heavy atom. The standard InChI is InChI=1S/C15H23NO3/c1-4-18-11-14-8-6-5-7-13(14)9-16-10-15(17)19-12(2)3/h5-8,12,16H,4,9-11H2,1-3H3. The Morgan fingerprint density at radius 3 is 2.58 bits per heavy atom. The van der Waals surface area contributed by atoms with Gasteiger partial charge in [-0.15, -0.1) is 0 Å². The van der Waals surface area contributed by atoms with Crippen molar-refractivity contribution in [3.63, 3.8) is 0 Å². The predicted molar refractivity (Wildman–Crippen MR) is 74.7 cm³/mol. The van der Waals surface area contributed by atoms with Gasteiger partial charge in [-0.05, 0) is 31.9 Å². The predicted octanol–water partition coefficient (Wildman–Crippen LogP) is 2.26. The van der Waals surface area contributed by atoms with E-state index in [0.717, 1.165) is 11.1 Å². The van der Waals surface area contributed by atoms with Crippen molar-refractivity contribution >= 4 is 5.97 Å². The van der Waals surface area contributed by atoms with E-state index in [2.05, 4.69) is 5.32 Å². The van der Waals surface area contributed by atoms with Crippen molar-refractivity contribution in [2.45, 2.75) is 40.0 Å². The summed E-state index contributed by atoms with van der Waals surface area (Å²) < 4.78 is 10.5. The van der Waals surface area contributed by atoms with E-state index in [4.69, 9.17) is 9.47 Å². The average molecular weight is 265 g/mol. The van der Waals surface area contributed by atoms with E-state index in [-0.39, 0.29) is 18.6 Å². The molecule has 1 aromatic carbocycles. The topological polar surface area (TPSA) is 47.6 Å². The summed E-state index contributed by atoms with van der Waals surface area (Å²) in [5.74, 6) is -0.225. The molecule has 0 aliphatic rings. The van der Waals surface area contributed by atoms with Crippen LogP contribution in [0.25, 0.3) is 0 Å². The van der Waals surface area contributed by atoms with Crippen LogP contribution in [0.3, 0.4) is 0 Å². The molecule has 1 N–H and O–H groups in total. The van der Waals surface area contributed by atoms with E-state index < -0.39 is 0 Å². The molecular formula is C15H23NO3. The lowest BCUT2D eigenvalue weighted by molar-refractivity contribution is -0.146. The van der Waals surface area contributed by atoms with Crippen LogP contribution >= 0.6 is 0 Å². The van der Waals surface area contributed by atoms with Crippen LogP contribution in [-0.4, -0.2) is 25.2 Å². The third-order valence-electron chi connectivity index (χ3n) is 2.53. The average Bonchev–Trinajstić information content (AvgIpc) is 2.36. The van der Waals surface area contributed by atoms with Crippen LogP contribution in [0.4, 0.5) is 0 Å². The van der Waals surface area contributed by atoms with Gasteiger partial charge in [0, 0.05) is 13.2 Å². The molecule has 0 aromatic heterocycles. The fourth-order valence-corrected chi connectivity index (χ4v) is 1.69. The van der Waals surface area contributed by atoms with E-state index >= 15 is 0 Å². The normalized spacial score (nSPS) is 10.7. The lowest BCUT2D eigenvalue weighted by atomic mass is 10.1. The summed E-state index contributed by atoms with van der Waals surface area (Å²) in [6.45, 7) is 7.82. The van der Waals surface area contributed by atoms with Crippen LogP contribution in [0.1, 0.15) is 31.9 Å². The number of carbonyl (C=O) groups is 1. The van der Waals surface area contributed by atoms with Crippen molar-refractivity contribution in [1.29, 1.82) is 0 Å². The molecule has 0 unspecified atom stereocenters. The zero-order chi connectivity index (χ0) is 14.1. The van der Waals surface area contributed by atoms with Crippen molar-refractivity contribution in [1.82, 2.24) is 5.32 Å². The number of rotatable bonds is 8. The molecule has 19 heavy (non-hydrogen) atoms. The van der Waals surface area contributed by atoms with Crippen LogP contribution in [0.2, 0.25) is 0 Å². The highest BCUT2D eigenvalue weighted by Gasteiger charge is 2.06. The molecule has 0 atom stereocenters. The Hall–Kier alpha value is -1.39. The Bertz CT molecular complexity index is 391. The number of ether oxygens (including phenoxy) is 2. The van der Waals surface area contributed by atoms with E-state index in [1.165, 1.54) is 0 Å². The van der Waals surface area contributed by atoms with Crippen LogP contribution in [-0.2, 0) is 27.4 Å². The van der Waals surface area contributed by atoms with Gasteiger partial charge in [-0.25, -0.2) is 0 Å². The Labute approximate surface area is 115 Å². The van der Waals surface area contributed by atoms with Crippen LogP contribution in [0.15, 0.2) is 24.3 Å². The van der Waals surface area contributed by atoms with Gasteiger partial charge in [-0.3, -0.25) is 4.79 Å². The summed E-state index contributed by atoms with van der Waals surface area (Å²) in [4.78, 5) is 11.4. The van der Waals surface area contributed by atoms with Gasteiger partial charge < -0.3 is 14.8 Å². The van der Waals surface area contributed by atoms with Gasteiger partial charge in [0.2, 0.25) is 0 Å².